The van der Waals surface area contributed by atoms with Crippen molar-refractivity contribution in [1.82, 2.24) is 0 Å². The number of non-ortho nitro benzene ring substituents is 1. The number of Topliss-reactive ketones (excluding diaryl/α,β-unsaturated/α-hetero) is 1. The van der Waals surface area contributed by atoms with Crippen molar-refractivity contribution in [1.29, 1.82) is 0 Å². The molecule has 0 bridgehead atoms. The first-order valence-electron chi connectivity index (χ1n) is 8.62. The molecule has 0 fully saturated rings. The van der Waals surface area contributed by atoms with E-state index in [1.807, 2.05) is 0 Å². The molecule has 0 saturated carbocycles. The van der Waals surface area contributed by atoms with Crippen molar-refractivity contribution < 1.29 is 19.2 Å². The Labute approximate surface area is 145 Å². The number of nitrogens with zero attached hydrogens (tertiary/aromatic N) is 1. The van der Waals surface area contributed by atoms with Gasteiger partial charge in [0.25, 0.3) is 5.69 Å². The first kappa shape index (κ1) is 17.4. The van der Waals surface area contributed by atoms with Gasteiger partial charge in [-0.2, -0.15) is 0 Å². The molecule has 1 aliphatic rings. The van der Waals surface area contributed by atoms with Gasteiger partial charge in [0.15, 0.2) is 5.78 Å². The van der Waals surface area contributed by atoms with Crippen molar-refractivity contribution >= 4 is 22.4 Å². The number of fused-ring (bicyclic) bond motifs is 1. The summed E-state index contributed by atoms with van der Waals surface area (Å²) in [5, 5.41) is 21.2. The van der Waals surface area contributed by atoms with E-state index in [2.05, 4.69) is 6.92 Å². The predicted molar refractivity (Wildman–Crippen MR) is 93.8 cm³/mol. The van der Waals surface area contributed by atoms with E-state index in [1.54, 1.807) is 12.1 Å². The third kappa shape index (κ3) is 3.49. The topological polar surface area (TPSA) is 93.6 Å². The fourth-order valence-electron chi connectivity index (χ4n) is 3.20. The molecule has 1 aromatic heterocycles. The summed E-state index contributed by atoms with van der Waals surface area (Å²) in [7, 11) is 0. The van der Waals surface area contributed by atoms with Crippen LogP contribution in [0.25, 0.3) is 11.0 Å². The third-order valence-electron chi connectivity index (χ3n) is 4.61. The number of nitro groups is 1. The number of carbonyl (C=O) groups is 1. The normalized spacial score (nSPS) is 17.5. The summed E-state index contributed by atoms with van der Waals surface area (Å²) >= 11 is 0. The van der Waals surface area contributed by atoms with Crippen LogP contribution in [0.1, 0.15) is 55.1 Å². The average molecular weight is 343 g/mol. The number of hydrogen-bond acceptors (Lipinski definition) is 5. The van der Waals surface area contributed by atoms with Crippen LogP contribution in [0.15, 0.2) is 34.3 Å². The molecule has 2 aromatic rings. The van der Waals surface area contributed by atoms with Crippen molar-refractivity contribution in [2.75, 3.05) is 0 Å². The molecule has 0 aliphatic heterocycles. The molecule has 1 atom stereocenters. The largest absolute Gasteiger partial charge is 0.460 e. The molecule has 0 saturated heterocycles. The number of nitro benzene ring substituents is 1. The molecule has 1 aliphatic carbocycles. The fraction of sp³-hybridized carbons (Fsp3) is 0.421. The summed E-state index contributed by atoms with van der Waals surface area (Å²) < 4.78 is 5.85. The molecule has 0 amide bonds. The second-order valence-electron chi connectivity index (χ2n) is 6.43. The Morgan fingerprint density at radius 1 is 1.44 bits per heavy atom. The van der Waals surface area contributed by atoms with Crippen molar-refractivity contribution in [3.8, 4) is 0 Å². The summed E-state index contributed by atoms with van der Waals surface area (Å²) in [5.74, 6) is 0.451. The van der Waals surface area contributed by atoms with Gasteiger partial charge >= 0.3 is 0 Å². The first-order chi connectivity index (χ1) is 12.0. The number of ketones is 1. The van der Waals surface area contributed by atoms with Gasteiger partial charge in [-0.05, 0) is 37.3 Å². The van der Waals surface area contributed by atoms with Crippen molar-refractivity contribution in [3.63, 3.8) is 0 Å². The maximum atomic E-state index is 13.1. The van der Waals surface area contributed by atoms with Gasteiger partial charge < -0.3 is 9.52 Å². The third-order valence-corrected chi connectivity index (χ3v) is 4.61. The standard InChI is InChI=1S/C19H21NO5/c1-2-3-4-17-18(19(22)12-5-8-14(21)9-6-12)15-11-13(20(23)24)7-10-16(15)25-17/h5,7,10-11,14,21H,2-4,6,8-9H2,1H3. The number of hydrogen-bond donors (Lipinski definition) is 1. The average Bonchev–Trinajstić information content (AvgIpc) is 2.97. The molecular weight excluding hydrogens is 322 g/mol. The minimum absolute atomic E-state index is 0.0579. The molecule has 6 heteroatoms. The highest BCUT2D eigenvalue weighted by atomic mass is 16.6. The van der Waals surface area contributed by atoms with Crippen LogP contribution in [0.5, 0.6) is 0 Å². The number of furan rings is 1. The molecule has 1 heterocycles. The molecule has 1 N–H and O–H groups in total. The number of aliphatic hydroxyl groups excluding tert-OH is 1. The van der Waals surface area contributed by atoms with Crippen LogP contribution < -0.4 is 0 Å². The minimum Gasteiger partial charge on any atom is -0.460 e. The molecule has 3 rings (SSSR count). The van der Waals surface area contributed by atoms with Crippen molar-refractivity contribution in [2.24, 2.45) is 0 Å². The monoisotopic (exact) mass is 343 g/mol. The fourth-order valence-corrected chi connectivity index (χ4v) is 3.20. The lowest BCUT2D eigenvalue weighted by Gasteiger charge is -2.16. The number of aryl methyl sites for hydroxylation is 1. The van der Waals surface area contributed by atoms with Crippen LogP contribution in [-0.2, 0) is 6.42 Å². The van der Waals surface area contributed by atoms with Gasteiger partial charge in [-0.1, -0.05) is 19.4 Å². The molecule has 0 radical (unpaired) electrons. The van der Waals surface area contributed by atoms with Gasteiger partial charge in [-0.3, -0.25) is 14.9 Å². The van der Waals surface area contributed by atoms with E-state index in [0.29, 0.717) is 53.5 Å². The molecule has 132 valence electrons. The smallest absolute Gasteiger partial charge is 0.270 e. The Balaban J connectivity index is 2.10. The molecule has 6 nitrogen and oxygen atoms in total. The molecule has 1 aromatic carbocycles. The van der Waals surface area contributed by atoms with E-state index in [9.17, 15) is 20.0 Å². The lowest BCUT2D eigenvalue weighted by molar-refractivity contribution is -0.384. The van der Waals surface area contributed by atoms with Crippen LogP contribution >= 0.6 is 0 Å². The highest BCUT2D eigenvalue weighted by molar-refractivity contribution is 6.17. The van der Waals surface area contributed by atoms with E-state index < -0.39 is 11.0 Å². The van der Waals surface area contributed by atoms with Gasteiger partial charge in [-0.25, -0.2) is 0 Å². The second-order valence-corrected chi connectivity index (χ2v) is 6.43. The summed E-state index contributed by atoms with van der Waals surface area (Å²) in [6, 6.07) is 4.36. The summed E-state index contributed by atoms with van der Waals surface area (Å²) in [5.41, 5.74) is 1.53. The second kappa shape index (κ2) is 7.19. The Kier molecular flexibility index (Phi) is 4.99. The van der Waals surface area contributed by atoms with Gasteiger partial charge in [0, 0.05) is 23.9 Å². The zero-order valence-electron chi connectivity index (χ0n) is 14.2. The summed E-state index contributed by atoms with van der Waals surface area (Å²) in [4.78, 5) is 23.7. The summed E-state index contributed by atoms with van der Waals surface area (Å²) in [6.45, 7) is 2.06. The maximum Gasteiger partial charge on any atom is 0.270 e. The van der Waals surface area contributed by atoms with Gasteiger partial charge in [-0.15, -0.1) is 0 Å². The predicted octanol–water partition coefficient (Wildman–Crippen LogP) is 4.34. The van der Waals surface area contributed by atoms with Crippen molar-refractivity contribution in [2.45, 2.75) is 51.6 Å². The highest BCUT2D eigenvalue weighted by Gasteiger charge is 2.26. The zero-order valence-corrected chi connectivity index (χ0v) is 14.2. The molecule has 25 heavy (non-hydrogen) atoms. The van der Waals surface area contributed by atoms with Crippen LogP contribution in [-0.4, -0.2) is 21.9 Å². The first-order valence-corrected chi connectivity index (χ1v) is 8.62. The molecule has 0 spiro atoms. The number of aliphatic hydroxyl groups is 1. The highest BCUT2D eigenvalue weighted by Crippen LogP contribution is 2.33. The van der Waals surface area contributed by atoms with Crippen LogP contribution in [0, 0.1) is 10.1 Å². The Hall–Kier alpha value is -2.47. The van der Waals surface area contributed by atoms with E-state index in [-0.39, 0.29) is 11.5 Å². The minimum atomic E-state index is -0.470. The lowest BCUT2D eigenvalue weighted by atomic mass is 9.90. The lowest BCUT2D eigenvalue weighted by Crippen LogP contribution is -2.15. The van der Waals surface area contributed by atoms with Gasteiger partial charge in [0.1, 0.15) is 11.3 Å². The SMILES string of the molecule is CCCCc1oc2ccc([N+](=O)[O-])cc2c1C(=O)C1=CCC(O)CC1. The Morgan fingerprint density at radius 3 is 2.88 bits per heavy atom. The number of benzene rings is 1. The molecular formula is C19H21NO5. The number of allylic oxidation sites excluding steroid dienone is 1. The van der Waals surface area contributed by atoms with Crippen LogP contribution in [0.4, 0.5) is 5.69 Å². The van der Waals surface area contributed by atoms with E-state index in [0.717, 1.165) is 12.8 Å². The molecule has 1 unspecified atom stereocenters. The van der Waals surface area contributed by atoms with E-state index in [1.165, 1.54) is 12.1 Å². The Morgan fingerprint density at radius 2 is 2.24 bits per heavy atom. The van der Waals surface area contributed by atoms with Crippen LogP contribution in [0.2, 0.25) is 0 Å². The van der Waals surface area contributed by atoms with Crippen molar-refractivity contribution in [3.05, 3.63) is 51.3 Å². The summed E-state index contributed by atoms with van der Waals surface area (Å²) in [6.07, 6.45) is 5.35. The number of carbonyl (C=O) groups excluding carboxylic acids is 1. The number of rotatable bonds is 6. The maximum absolute atomic E-state index is 13.1. The van der Waals surface area contributed by atoms with Gasteiger partial charge in [0.2, 0.25) is 0 Å². The Bertz CT molecular complexity index is 849. The van der Waals surface area contributed by atoms with Gasteiger partial charge in [0.05, 0.1) is 16.6 Å². The zero-order chi connectivity index (χ0) is 18.0. The number of unbranched alkanes of at least 4 members (excludes halogenated alkanes) is 1. The quantitative estimate of drug-likeness (QED) is 0.478. The van der Waals surface area contributed by atoms with Crippen LogP contribution in [0.3, 0.4) is 0 Å². The van der Waals surface area contributed by atoms with E-state index >= 15 is 0 Å². The van der Waals surface area contributed by atoms with E-state index in [4.69, 9.17) is 4.42 Å².